The van der Waals surface area contributed by atoms with Crippen LogP contribution in [0.25, 0.3) is 0 Å². The number of rotatable bonds is 7. The van der Waals surface area contributed by atoms with E-state index in [0.29, 0.717) is 26.7 Å². The highest BCUT2D eigenvalue weighted by Gasteiger charge is 2.36. The molecule has 0 atom stereocenters. The molecule has 0 heterocycles. The summed E-state index contributed by atoms with van der Waals surface area (Å²) in [6, 6.07) is 32.3. The van der Waals surface area contributed by atoms with Gasteiger partial charge in [-0.25, -0.2) is 0 Å². The standard InChI is InChI=1S/2C14H9ClF3NO2.C13H8I3NO2/c15-8-6-10(12(20)11(7-8)14(16,17)18)13(21)19-9-4-2-1-3-5-9;15-9-6-7-12(21-14(16,17)18)11(8-9)13(20)19-10-4-2-1-3-5-10;14-7-1-3-9(4-2-7)17-13(19)10-5-8(15)6-11(16)12(10)18/h1-7,20H,(H,19,21);1-8H,(H,19,20);1-6,18H,(H,17,19). The fourth-order valence-corrected chi connectivity index (χ4v) is 7.39. The number of hydrogen-bond donors (Lipinski definition) is 5. The molecular formula is C41H26Cl2F6I3N3O6. The maximum Gasteiger partial charge on any atom is 0.573 e. The third-order valence-corrected chi connectivity index (χ3v) is 10.1. The zero-order valence-electron chi connectivity index (χ0n) is 30.3. The summed E-state index contributed by atoms with van der Waals surface area (Å²) in [5, 5.41) is 27.1. The largest absolute Gasteiger partial charge is 0.573 e. The Kier molecular flexibility index (Phi) is 17.7. The van der Waals surface area contributed by atoms with Crippen molar-refractivity contribution in [3.8, 4) is 17.2 Å². The molecule has 6 aromatic carbocycles. The average molecular weight is 1220 g/mol. The van der Waals surface area contributed by atoms with Gasteiger partial charge in [0.15, 0.2) is 0 Å². The Morgan fingerprint density at radius 1 is 0.525 bits per heavy atom. The molecule has 318 valence electrons. The molecule has 0 aliphatic carbocycles. The Labute approximate surface area is 394 Å². The SMILES string of the molecule is O=C(Nc1ccc(I)cc1)c1cc(I)cc(I)c1O.O=C(Nc1ccccc1)c1cc(Cl)cc(C(F)(F)F)c1O.O=C(Nc1ccccc1)c1cc(Cl)ccc1OC(F)(F)F. The van der Waals surface area contributed by atoms with E-state index in [1.807, 2.05) is 52.9 Å². The summed E-state index contributed by atoms with van der Waals surface area (Å²) in [4.78, 5) is 36.2. The van der Waals surface area contributed by atoms with Gasteiger partial charge in [-0.3, -0.25) is 14.4 Å². The van der Waals surface area contributed by atoms with Crippen molar-refractivity contribution in [1.82, 2.24) is 0 Å². The number of para-hydroxylation sites is 2. The van der Waals surface area contributed by atoms with Gasteiger partial charge in [-0.1, -0.05) is 59.6 Å². The number of phenols is 2. The first-order valence-corrected chi connectivity index (χ1v) is 20.7. The second-order valence-corrected chi connectivity index (χ2v) is 16.4. The summed E-state index contributed by atoms with van der Waals surface area (Å²) in [6.45, 7) is 0. The molecule has 20 heteroatoms. The molecule has 61 heavy (non-hydrogen) atoms. The van der Waals surface area contributed by atoms with E-state index >= 15 is 0 Å². The predicted molar refractivity (Wildman–Crippen MR) is 246 cm³/mol. The predicted octanol–water partition coefficient (Wildman–Crippen LogP) is 13.3. The third-order valence-electron chi connectivity index (χ3n) is 7.47. The first-order chi connectivity index (χ1) is 28.6. The zero-order chi connectivity index (χ0) is 45.1. The number of nitrogens with one attached hydrogen (secondary N) is 3. The lowest BCUT2D eigenvalue weighted by atomic mass is 10.1. The highest BCUT2D eigenvalue weighted by atomic mass is 127. The molecule has 5 N–H and O–H groups in total. The number of benzene rings is 6. The molecule has 0 unspecified atom stereocenters. The number of amides is 3. The summed E-state index contributed by atoms with van der Waals surface area (Å²) < 4.78 is 81.7. The van der Waals surface area contributed by atoms with Crippen molar-refractivity contribution in [3.63, 3.8) is 0 Å². The summed E-state index contributed by atoms with van der Waals surface area (Å²) in [7, 11) is 0. The van der Waals surface area contributed by atoms with Crippen LogP contribution in [0.4, 0.5) is 43.4 Å². The Hall–Kier alpha value is -4.52. The number of alkyl halides is 6. The Bertz CT molecular complexity index is 2500. The minimum atomic E-state index is -4.89. The highest BCUT2D eigenvalue weighted by Crippen LogP contribution is 2.40. The Balaban J connectivity index is 0.000000202. The van der Waals surface area contributed by atoms with Crippen LogP contribution >= 0.6 is 91.0 Å². The number of hydrogen-bond acceptors (Lipinski definition) is 6. The van der Waals surface area contributed by atoms with Crippen molar-refractivity contribution in [2.24, 2.45) is 0 Å². The normalized spacial score (nSPS) is 10.9. The van der Waals surface area contributed by atoms with Crippen LogP contribution in [0.2, 0.25) is 10.0 Å². The van der Waals surface area contributed by atoms with Gasteiger partial charge < -0.3 is 30.9 Å². The van der Waals surface area contributed by atoms with E-state index in [4.69, 9.17) is 23.2 Å². The topological polar surface area (TPSA) is 137 Å². The average Bonchev–Trinajstić information content (AvgIpc) is 3.19. The molecule has 0 saturated carbocycles. The van der Waals surface area contributed by atoms with E-state index in [1.54, 1.807) is 66.7 Å². The second-order valence-electron chi connectivity index (χ2n) is 11.9. The molecule has 0 aliphatic rings. The number of halogens is 11. The zero-order valence-corrected chi connectivity index (χ0v) is 38.3. The molecule has 6 aromatic rings. The van der Waals surface area contributed by atoms with E-state index in [-0.39, 0.29) is 32.8 Å². The van der Waals surface area contributed by atoms with Gasteiger partial charge in [0.05, 0.1) is 25.8 Å². The lowest BCUT2D eigenvalue weighted by molar-refractivity contribution is -0.274. The van der Waals surface area contributed by atoms with Gasteiger partial charge in [0.2, 0.25) is 0 Å². The number of carbonyl (C=O) groups excluding carboxylic acids is 3. The van der Waals surface area contributed by atoms with Crippen molar-refractivity contribution >= 4 is 126 Å². The molecule has 0 aliphatic heterocycles. The van der Waals surface area contributed by atoms with E-state index in [9.17, 15) is 50.9 Å². The maximum atomic E-state index is 12.7. The van der Waals surface area contributed by atoms with Gasteiger partial charge in [-0.15, -0.1) is 13.2 Å². The maximum absolute atomic E-state index is 12.7. The number of anilines is 3. The van der Waals surface area contributed by atoms with Crippen molar-refractivity contribution < 1.29 is 55.7 Å². The van der Waals surface area contributed by atoms with Gasteiger partial charge in [-0.05, 0) is 159 Å². The lowest BCUT2D eigenvalue weighted by Gasteiger charge is -2.13. The van der Waals surface area contributed by atoms with Gasteiger partial charge in [0, 0.05) is 34.2 Å². The Morgan fingerprint density at radius 3 is 1.48 bits per heavy atom. The van der Waals surface area contributed by atoms with Crippen LogP contribution in [-0.4, -0.2) is 34.3 Å². The van der Waals surface area contributed by atoms with Crippen molar-refractivity contribution in [2.45, 2.75) is 12.5 Å². The number of ether oxygens (including phenoxy) is 1. The molecule has 6 rings (SSSR count). The van der Waals surface area contributed by atoms with Crippen LogP contribution in [0, 0.1) is 10.7 Å². The van der Waals surface area contributed by atoms with Crippen LogP contribution in [0.3, 0.4) is 0 Å². The second kappa shape index (κ2) is 22.0. The van der Waals surface area contributed by atoms with Gasteiger partial charge >= 0.3 is 12.5 Å². The molecule has 9 nitrogen and oxygen atoms in total. The van der Waals surface area contributed by atoms with Crippen molar-refractivity contribution in [2.75, 3.05) is 16.0 Å². The third kappa shape index (κ3) is 15.4. The highest BCUT2D eigenvalue weighted by molar-refractivity contribution is 14.1. The smallest absolute Gasteiger partial charge is 0.506 e. The molecule has 0 fully saturated rings. The first kappa shape index (κ1) is 49.1. The molecule has 3 amide bonds. The van der Waals surface area contributed by atoms with Gasteiger partial charge in [0.1, 0.15) is 17.2 Å². The number of aromatic hydroxyl groups is 2. The molecular weight excluding hydrogens is 1200 g/mol. The summed E-state index contributed by atoms with van der Waals surface area (Å²) in [5.41, 5.74) is -0.375. The minimum absolute atomic E-state index is 0.0176. The van der Waals surface area contributed by atoms with E-state index in [2.05, 4.69) is 65.9 Å². The van der Waals surface area contributed by atoms with E-state index in [1.165, 1.54) is 6.07 Å². The number of carbonyl (C=O) groups is 3. The van der Waals surface area contributed by atoms with E-state index in [0.717, 1.165) is 25.3 Å². The fraction of sp³-hybridized carbons (Fsp3) is 0.0488. The Morgan fingerprint density at radius 2 is 0.984 bits per heavy atom. The quantitative estimate of drug-likeness (QED) is 0.0798. The lowest BCUT2D eigenvalue weighted by Crippen LogP contribution is -2.20. The summed E-state index contributed by atoms with van der Waals surface area (Å²) >= 11 is 17.6. The van der Waals surface area contributed by atoms with E-state index < -0.39 is 47.0 Å². The fourth-order valence-electron chi connectivity index (χ4n) is 4.79. The van der Waals surface area contributed by atoms with Gasteiger partial charge in [0.25, 0.3) is 17.7 Å². The van der Waals surface area contributed by atoms with Crippen LogP contribution in [-0.2, 0) is 6.18 Å². The summed E-state index contributed by atoms with van der Waals surface area (Å²) in [6.07, 6.45) is -9.70. The van der Waals surface area contributed by atoms with Crippen LogP contribution in [0.5, 0.6) is 17.2 Å². The molecule has 0 radical (unpaired) electrons. The van der Waals surface area contributed by atoms with Crippen LogP contribution < -0.4 is 20.7 Å². The molecule has 0 spiro atoms. The molecule has 0 aromatic heterocycles. The molecule has 0 saturated heterocycles. The summed E-state index contributed by atoms with van der Waals surface area (Å²) in [5.74, 6) is -3.69. The van der Waals surface area contributed by atoms with Crippen LogP contribution in [0.1, 0.15) is 36.6 Å². The van der Waals surface area contributed by atoms with Crippen molar-refractivity contribution in [1.29, 1.82) is 0 Å². The monoisotopic (exact) mass is 1220 g/mol. The number of phenolic OH excluding ortho intramolecular Hbond substituents is 2. The van der Waals surface area contributed by atoms with Crippen LogP contribution in [0.15, 0.2) is 127 Å². The van der Waals surface area contributed by atoms with Crippen molar-refractivity contribution in [3.05, 3.63) is 170 Å². The first-order valence-electron chi connectivity index (χ1n) is 16.7. The van der Waals surface area contributed by atoms with Gasteiger partial charge in [-0.2, -0.15) is 13.2 Å². The molecule has 0 bridgehead atoms. The minimum Gasteiger partial charge on any atom is -0.506 e.